The highest BCUT2D eigenvalue weighted by Gasteiger charge is 2.37. The first-order chi connectivity index (χ1) is 17.9. The van der Waals surface area contributed by atoms with Crippen LogP contribution in [0.25, 0.3) is 22.2 Å². The Kier molecular flexibility index (Phi) is 7.16. The van der Waals surface area contributed by atoms with Gasteiger partial charge in [0, 0.05) is 30.5 Å². The van der Waals surface area contributed by atoms with Gasteiger partial charge in [-0.05, 0) is 44.2 Å². The lowest BCUT2D eigenvalue weighted by atomic mass is 10.1. The molecule has 1 aromatic carbocycles. The number of aryl methyl sites for hydroxylation is 2. The van der Waals surface area contributed by atoms with E-state index >= 15 is 4.39 Å². The van der Waals surface area contributed by atoms with Gasteiger partial charge < -0.3 is 15.6 Å². The van der Waals surface area contributed by atoms with Crippen molar-refractivity contribution >= 4 is 22.3 Å². The van der Waals surface area contributed by atoms with Crippen molar-refractivity contribution in [2.45, 2.75) is 45.5 Å². The lowest BCUT2D eigenvalue weighted by Crippen LogP contribution is -2.27. The second-order valence-electron chi connectivity index (χ2n) is 8.77. The van der Waals surface area contributed by atoms with Crippen molar-refractivity contribution in [1.29, 1.82) is 0 Å². The van der Waals surface area contributed by atoms with Gasteiger partial charge in [0.1, 0.15) is 11.4 Å². The number of hydrogen-bond acceptors (Lipinski definition) is 7. The van der Waals surface area contributed by atoms with Crippen molar-refractivity contribution in [2.24, 2.45) is 0 Å². The standard InChI is InChI=1S/C24H22F5N7O2/c1-11-9-31-21(34-20(11)30)14-8-13-5-7-36(23(38)16(13)19(26)18(14)25)6-3-4-12(2)33-15-10-32-35-22(37)17(15)24(27,28)29/h5,7-10,12H,3-4,6H2,1-2H3,(H2,30,31,34)(H2,33,35,37). The summed E-state index contributed by atoms with van der Waals surface area (Å²) in [6.07, 6.45) is -0.628. The van der Waals surface area contributed by atoms with Crippen molar-refractivity contribution in [3.8, 4) is 11.4 Å². The summed E-state index contributed by atoms with van der Waals surface area (Å²) in [6.45, 7) is 3.34. The molecule has 0 amide bonds. The van der Waals surface area contributed by atoms with Crippen molar-refractivity contribution in [3.05, 3.63) is 74.2 Å². The summed E-state index contributed by atoms with van der Waals surface area (Å²) in [5, 5.41) is 7.46. The number of pyridine rings is 1. The van der Waals surface area contributed by atoms with E-state index in [1.807, 2.05) is 0 Å². The smallest absolute Gasteiger partial charge is 0.383 e. The Hall–Kier alpha value is -4.36. The normalized spacial score (nSPS) is 12.6. The average Bonchev–Trinajstić information content (AvgIpc) is 2.83. The molecule has 0 aliphatic heterocycles. The lowest BCUT2D eigenvalue weighted by molar-refractivity contribution is -0.138. The third kappa shape index (κ3) is 5.19. The Balaban J connectivity index is 1.53. The zero-order valence-electron chi connectivity index (χ0n) is 20.2. The predicted octanol–water partition coefficient (Wildman–Crippen LogP) is 4.01. The number of rotatable bonds is 7. The fourth-order valence-electron chi connectivity index (χ4n) is 3.99. The Bertz CT molecular complexity index is 1630. The number of nitrogen functional groups attached to an aromatic ring is 1. The molecule has 14 heteroatoms. The average molecular weight is 535 g/mol. The first kappa shape index (κ1) is 26.7. The molecule has 0 bridgehead atoms. The van der Waals surface area contributed by atoms with Crippen LogP contribution in [0.4, 0.5) is 33.5 Å². The number of anilines is 2. The minimum Gasteiger partial charge on any atom is -0.383 e. The number of aromatic amines is 1. The molecule has 1 atom stereocenters. The Morgan fingerprint density at radius 2 is 1.92 bits per heavy atom. The number of hydrogen-bond donors (Lipinski definition) is 3. The molecule has 9 nitrogen and oxygen atoms in total. The highest BCUT2D eigenvalue weighted by atomic mass is 19.4. The second-order valence-corrected chi connectivity index (χ2v) is 8.77. The van der Waals surface area contributed by atoms with E-state index in [0.29, 0.717) is 12.0 Å². The fourth-order valence-corrected chi connectivity index (χ4v) is 3.99. The van der Waals surface area contributed by atoms with Gasteiger partial charge in [0.2, 0.25) is 0 Å². The van der Waals surface area contributed by atoms with E-state index < -0.39 is 51.6 Å². The molecule has 38 heavy (non-hydrogen) atoms. The van der Waals surface area contributed by atoms with Gasteiger partial charge in [-0.2, -0.15) is 18.3 Å². The quantitative estimate of drug-likeness (QED) is 0.305. The molecule has 4 N–H and O–H groups in total. The number of nitrogens with zero attached hydrogens (tertiary/aromatic N) is 4. The lowest BCUT2D eigenvalue weighted by Gasteiger charge is -2.18. The van der Waals surface area contributed by atoms with Crippen molar-refractivity contribution in [1.82, 2.24) is 24.7 Å². The molecular weight excluding hydrogens is 513 g/mol. The largest absolute Gasteiger partial charge is 0.423 e. The van der Waals surface area contributed by atoms with Crippen LogP contribution in [0.3, 0.4) is 0 Å². The highest BCUT2D eigenvalue weighted by molar-refractivity contribution is 5.86. The van der Waals surface area contributed by atoms with Crippen LogP contribution in [0.5, 0.6) is 0 Å². The molecule has 0 radical (unpaired) electrons. The molecule has 0 aliphatic rings. The molecule has 0 saturated heterocycles. The predicted molar refractivity (Wildman–Crippen MR) is 130 cm³/mol. The summed E-state index contributed by atoms with van der Waals surface area (Å²) in [6, 6.07) is 2.18. The molecule has 3 aromatic heterocycles. The van der Waals surface area contributed by atoms with E-state index in [9.17, 15) is 27.2 Å². The summed E-state index contributed by atoms with van der Waals surface area (Å²) < 4.78 is 70.8. The first-order valence-corrected chi connectivity index (χ1v) is 11.4. The van der Waals surface area contributed by atoms with Gasteiger partial charge in [0.15, 0.2) is 17.5 Å². The molecule has 3 heterocycles. The molecule has 4 rings (SSSR count). The molecule has 0 fully saturated rings. The molecule has 0 spiro atoms. The van der Waals surface area contributed by atoms with Crippen molar-refractivity contribution in [2.75, 3.05) is 11.1 Å². The molecule has 4 aromatic rings. The van der Waals surface area contributed by atoms with E-state index in [2.05, 4.69) is 20.4 Å². The van der Waals surface area contributed by atoms with Gasteiger partial charge in [-0.3, -0.25) is 9.59 Å². The first-order valence-electron chi connectivity index (χ1n) is 11.4. The molecular formula is C24H22F5N7O2. The van der Waals surface area contributed by atoms with Crippen LogP contribution in [-0.4, -0.2) is 30.8 Å². The zero-order chi connectivity index (χ0) is 27.8. The van der Waals surface area contributed by atoms with Gasteiger partial charge in [-0.15, -0.1) is 0 Å². The van der Waals surface area contributed by atoms with E-state index in [1.165, 1.54) is 29.1 Å². The Morgan fingerprint density at radius 3 is 2.61 bits per heavy atom. The molecule has 0 saturated carbocycles. The van der Waals surface area contributed by atoms with Crippen molar-refractivity contribution in [3.63, 3.8) is 0 Å². The van der Waals surface area contributed by atoms with Gasteiger partial charge in [-0.1, -0.05) is 0 Å². The maximum Gasteiger partial charge on any atom is 0.423 e. The monoisotopic (exact) mass is 535 g/mol. The van der Waals surface area contributed by atoms with Gasteiger partial charge >= 0.3 is 6.18 Å². The minimum absolute atomic E-state index is 0.0843. The molecule has 1 unspecified atom stereocenters. The van der Waals surface area contributed by atoms with Crippen LogP contribution in [0, 0.1) is 18.6 Å². The van der Waals surface area contributed by atoms with Crippen molar-refractivity contribution < 1.29 is 22.0 Å². The van der Waals surface area contributed by atoms with Gasteiger partial charge in [0.25, 0.3) is 11.1 Å². The summed E-state index contributed by atoms with van der Waals surface area (Å²) >= 11 is 0. The number of fused-ring (bicyclic) bond motifs is 1. The topological polar surface area (TPSA) is 132 Å². The van der Waals surface area contributed by atoms with Crippen LogP contribution in [0.1, 0.15) is 30.9 Å². The third-order valence-electron chi connectivity index (χ3n) is 5.98. The van der Waals surface area contributed by atoms with Crippen LogP contribution in [0.2, 0.25) is 0 Å². The maximum atomic E-state index is 15.0. The molecule has 200 valence electrons. The number of nitrogens with one attached hydrogen (secondary N) is 2. The highest BCUT2D eigenvalue weighted by Crippen LogP contribution is 2.32. The number of alkyl halides is 3. The van der Waals surface area contributed by atoms with E-state index in [-0.39, 0.29) is 35.6 Å². The van der Waals surface area contributed by atoms with Crippen LogP contribution in [0.15, 0.2) is 40.3 Å². The Morgan fingerprint density at radius 1 is 1.18 bits per heavy atom. The number of halogens is 5. The van der Waals surface area contributed by atoms with E-state index in [1.54, 1.807) is 18.9 Å². The minimum atomic E-state index is -4.88. The van der Waals surface area contributed by atoms with E-state index in [0.717, 1.165) is 6.20 Å². The summed E-state index contributed by atoms with van der Waals surface area (Å²) in [5.41, 5.74) is 2.08. The van der Waals surface area contributed by atoms with Gasteiger partial charge in [0.05, 0.1) is 22.8 Å². The summed E-state index contributed by atoms with van der Waals surface area (Å²) in [4.78, 5) is 32.5. The van der Waals surface area contributed by atoms with Crippen LogP contribution < -0.4 is 22.2 Å². The number of aromatic nitrogens is 5. The second kappa shape index (κ2) is 10.2. The fraction of sp³-hybridized carbons (Fsp3) is 0.292. The molecule has 0 aliphatic carbocycles. The van der Waals surface area contributed by atoms with Gasteiger partial charge in [-0.25, -0.2) is 23.8 Å². The summed E-state index contributed by atoms with van der Waals surface area (Å²) in [7, 11) is 0. The summed E-state index contributed by atoms with van der Waals surface area (Å²) in [5.74, 6) is -2.66. The number of nitrogens with two attached hydrogens (primary N) is 1. The maximum absolute atomic E-state index is 15.0. The van der Waals surface area contributed by atoms with Crippen LogP contribution in [-0.2, 0) is 12.7 Å². The zero-order valence-corrected chi connectivity index (χ0v) is 20.2. The van der Waals surface area contributed by atoms with Crippen LogP contribution >= 0.6 is 0 Å². The number of H-pyrrole nitrogens is 1. The third-order valence-corrected chi connectivity index (χ3v) is 5.98. The van der Waals surface area contributed by atoms with E-state index in [4.69, 9.17) is 5.73 Å². The SMILES string of the molecule is Cc1cnc(-c2cc3ccn(CCCC(C)Nc4cn[nH]c(=O)c4C(F)(F)F)c(=O)c3c(F)c2F)nc1N. The Labute approximate surface area is 211 Å². The number of benzene rings is 1.